The summed E-state index contributed by atoms with van der Waals surface area (Å²) in [6.45, 7) is 0.237. The predicted octanol–water partition coefficient (Wildman–Crippen LogP) is 4.09. The summed E-state index contributed by atoms with van der Waals surface area (Å²) in [6.07, 6.45) is 0. The highest BCUT2D eigenvalue weighted by Crippen LogP contribution is 2.29. The van der Waals surface area contributed by atoms with Gasteiger partial charge in [0.15, 0.2) is 0 Å². The van der Waals surface area contributed by atoms with Crippen molar-refractivity contribution in [1.82, 2.24) is 8.75 Å². The van der Waals surface area contributed by atoms with Crippen LogP contribution in [0.1, 0.15) is 5.56 Å². The second-order valence-electron chi connectivity index (χ2n) is 5.72. The molecule has 0 aliphatic rings. The van der Waals surface area contributed by atoms with Gasteiger partial charge < -0.3 is 0 Å². The Hall–Kier alpha value is -2.77. The van der Waals surface area contributed by atoms with E-state index in [0.717, 1.165) is 17.3 Å². The van der Waals surface area contributed by atoms with Gasteiger partial charge in [0.05, 0.1) is 24.0 Å². The zero-order valence-electron chi connectivity index (χ0n) is 13.7. The zero-order chi connectivity index (χ0) is 18.0. The highest BCUT2D eigenvalue weighted by atomic mass is 32.2. The van der Waals surface area contributed by atoms with Crippen molar-refractivity contribution in [2.24, 2.45) is 0 Å². The maximum atomic E-state index is 13.5. The molecule has 1 heterocycles. The number of anilines is 1. The molecule has 0 radical (unpaired) electrons. The molecule has 4 rings (SSSR count). The van der Waals surface area contributed by atoms with E-state index in [4.69, 9.17) is 0 Å². The maximum absolute atomic E-state index is 13.5. The number of sulfonamides is 1. The van der Waals surface area contributed by atoms with Crippen LogP contribution >= 0.6 is 11.7 Å². The Kier molecular flexibility index (Phi) is 4.40. The van der Waals surface area contributed by atoms with Crippen LogP contribution < -0.4 is 4.31 Å². The number of hydrogen-bond acceptors (Lipinski definition) is 5. The normalized spacial score (nSPS) is 11.5. The Labute approximate surface area is 155 Å². The van der Waals surface area contributed by atoms with Crippen LogP contribution in [0.2, 0.25) is 0 Å². The van der Waals surface area contributed by atoms with Gasteiger partial charge in [-0.05, 0) is 29.8 Å². The number of aromatic nitrogens is 2. The molecule has 0 aliphatic carbocycles. The minimum absolute atomic E-state index is 0.170. The van der Waals surface area contributed by atoms with Crippen molar-refractivity contribution in [3.05, 3.63) is 84.4 Å². The van der Waals surface area contributed by atoms with E-state index in [9.17, 15) is 8.42 Å². The largest absolute Gasteiger partial charge is 0.266 e. The van der Waals surface area contributed by atoms with Gasteiger partial charge >= 0.3 is 0 Å². The van der Waals surface area contributed by atoms with E-state index in [1.54, 1.807) is 30.3 Å². The van der Waals surface area contributed by atoms with Gasteiger partial charge in [0.25, 0.3) is 10.0 Å². The average molecular weight is 381 g/mol. The summed E-state index contributed by atoms with van der Waals surface area (Å²) in [7, 11) is -3.81. The molecule has 7 heteroatoms. The number of nitrogens with zero attached hydrogens (tertiary/aromatic N) is 3. The van der Waals surface area contributed by atoms with E-state index in [-0.39, 0.29) is 11.4 Å². The Balaban J connectivity index is 1.86. The first-order valence-electron chi connectivity index (χ1n) is 7.99. The van der Waals surface area contributed by atoms with Crippen LogP contribution in [-0.4, -0.2) is 17.2 Å². The van der Waals surface area contributed by atoms with Crippen LogP contribution in [0, 0.1) is 0 Å². The summed E-state index contributed by atoms with van der Waals surface area (Å²) in [5, 5.41) is 0. The van der Waals surface area contributed by atoms with Crippen molar-refractivity contribution in [3.63, 3.8) is 0 Å². The number of fused-ring (bicyclic) bond motifs is 1. The first-order valence-corrected chi connectivity index (χ1v) is 10.2. The molecule has 0 saturated carbocycles. The zero-order valence-corrected chi connectivity index (χ0v) is 15.3. The van der Waals surface area contributed by atoms with Crippen molar-refractivity contribution >= 4 is 38.5 Å². The summed E-state index contributed by atoms with van der Waals surface area (Å²) < 4.78 is 36.8. The highest BCUT2D eigenvalue weighted by Gasteiger charge is 2.28. The molecule has 0 N–H and O–H groups in total. The third-order valence-electron chi connectivity index (χ3n) is 4.03. The molecule has 0 saturated heterocycles. The third kappa shape index (κ3) is 3.07. The molecule has 0 aliphatic heterocycles. The van der Waals surface area contributed by atoms with Gasteiger partial charge in [-0.25, -0.2) is 8.42 Å². The molecule has 0 atom stereocenters. The van der Waals surface area contributed by atoms with E-state index in [2.05, 4.69) is 8.75 Å². The van der Waals surface area contributed by atoms with Gasteiger partial charge in [-0.1, -0.05) is 54.6 Å². The van der Waals surface area contributed by atoms with Gasteiger partial charge in [-0.3, -0.25) is 4.31 Å². The first-order chi connectivity index (χ1) is 12.7. The fraction of sp³-hybridized carbons (Fsp3) is 0.0526. The summed E-state index contributed by atoms with van der Waals surface area (Å²) in [5.74, 6) is 0. The van der Waals surface area contributed by atoms with E-state index < -0.39 is 10.0 Å². The number of hydrogen-bond donors (Lipinski definition) is 0. The van der Waals surface area contributed by atoms with Crippen LogP contribution in [0.5, 0.6) is 0 Å². The highest BCUT2D eigenvalue weighted by molar-refractivity contribution is 7.93. The molecule has 4 aromatic rings. The minimum Gasteiger partial charge on any atom is -0.262 e. The molecule has 1 aromatic heterocycles. The van der Waals surface area contributed by atoms with Gasteiger partial charge in [-0.2, -0.15) is 8.75 Å². The van der Waals surface area contributed by atoms with E-state index in [1.807, 2.05) is 48.5 Å². The molecule has 5 nitrogen and oxygen atoms in total. The molecular weight excluding hydrogens is 366 g/mol. The second kappa shape index (κ2) is 6.86. The number of para-hydroxylation sites is 1. The first kappa shape index (κ1) is 16.7. The lowest BCUT2D eigenvalue weighted by atomic mass is 10.2. The monoisotopic (exact) mass is 381 g/mol. The van der Waals surface area contributed by atoms with Gasteiger partial charge in [0, 0.05) is 0 Å². The quantitative estimate of drug-likeness (QED) is 0.522. The van der Waals surface area contributed by atoms with Crippen molar-refractivity contribution in [1.29, 1.82) is 0 Å². The molecule has 130 valence electrons. The Morgan fingerprint density at radius 3 is 2.23 bits per heavy atom. The van der Waals surface area contributed by atoms with Crippen molar-refractivity contribution < 1.29 is 8.42 Å². The lowest BCUT2D eigenvalue weighted by molar-refractivity contribution is 0.591. The smallest absolute Gasteiger partial charge is 0.262 e. The number of benzene rings is 3. The summed E-state index contributed by atoms with van der Waals surface area (Å²) in [5.41, 5.74) is 2.51. The fourth-order valence-electron chi connectivity index (χ4n) is 2.77. The molecule has 0 bridgehead atoms. The van der Waals surface area contributed by atoms with E-state index >= 15 is 0 Å². The van der Waals surface area contributed by atoms with Gasteiger partial charge in [0.2, 0.25) is 0 Å². The average Bonchev–Trinajstić information content (AvgIpc) is 3.16. The fourth-order valence-corrected chi connectivity index (χ4v) is 4.98. The van der Waals surface area contributed by atoms with Crippen LogP contribution in [0.3, 0.4) is 0 Å². The van der Waals surface area contributed by atoms with Gasteiger partial charge in [-0.15, -0.1) is 0 Å². The van der Waals surface area contributed by atoms with Crippen LogP contribution in [0.4, 0.5) is 5.69 Å². The SMILES string of the molecule is O=S(=O)(c1cccc2nsnc12)N(Cc1ccccc1)c1ccccc1. The van der Waals surface area contributed by atoms with Crippen LogP contribution in [0.15, 0.2) is 83.8 Å². The number of rotatable bonds is 5. The molecule has 0 spiro atoms. The predicted molar refractivity (Wildman–Crippen MR) is 104 cm³/mol. The Morgan fingerprint density at radius 2 is 1.50 bits per heavy atom. The summed E-state index contributed by atoms with van der Waals surface area (Å²) >= 11 is 1.01. The maximum Gasteiger partial charge on any atom is 0.266 e. The molecule has 26 heavy (non-hydrogen) atoms. The summed E-state index contributed by atoms with van der Waals surface area (Å²) in [6, 6.07) is 23.7. The molecule has 3 aromatic carbocycles. The standard InChI is InChI=1S/C19H15N3O2S2/c23-26(24,18-13-7-12-17-19(18)21-25-20-17)22(16-10-5-2-6-11-16)14-15-8-3-1-4-9-15/h1-13H,14H2. The molecular formula is C19H15N3O2S2. The molecule has 0 fully saturated rings. The molecule has 0 unspecified atom stereocenters. The van der Waals surface area contributed by atoms with Crippen LogP contribution in [-0.2, 0) is 16.6 Å². The van der Waals surface area contributed by atoms with E-state index in [1.165, 1.54) is 4.31 Å². The second-order valence-corrected chi connectivity index (χ2v) is 8.08. The van der Waals surface area contributed by atoms with Crippen molar-refractivity contribution in [3.8, 4) is 0 Å². The summed E-state index contributed by atoms with van der Waals surface area (Å²) in [4.78, 5) is 0.170. The lowest BCUT2D eigenvalue weighted by Crippen LogP contribution is -2.30. The van der Waals surface area contributed by atoms with E-state index in [0.29, 0.717) is 16.7 Å². The van der Waals surface area contributed by atoms with Crippen LogP contribution in [0.25, 0.3) is 11.0 Å². The van der Waals surface area contributed by atoms with Crippen molar-refractivity contribution in [2.45, 2.75) is 11.4 Å². The lowest BCUT2D eigenvalue weighted by Gasteiger charge is -2.24. The van der Waals surface area contributed by atoms with Gasteiger partial charge in [0.1, 0.15) is 15.9 Å². The minimum atomic E-state index is -3.81. The van der Waals surface area contributed by atoms with Crippen molar-refractivity contribution in [2.75, 3.05) is 4.31 Å². The topological polar surface area (TPSA) is 63.2 Å². The Morgan fingerprint density at radius 1 is 0.808 bits per heavy atom. The Bertz CT molecular complexity index is 1130. The third-order valence-corrected chi connectivity index (χ3v) is 6.38. The molecule has 0 amide bonds.